The normalized spacial score (nSPS) is 21.6. The van der Waals surface area contributed by atoms with Gasteiger partial charge in [0.15, 0.2) is 0 Å². The lowest BCUT2D eigenvalue weighted by Crippen LogP contribution is -2.35. The fourth-order valence-corrected chi connectivity index (χ4v) is 2.94. The molecule has 1 aromatic carbocycles. The predicted octanol–water partition coefficient (Wildman–Crippen LogP) is 4.13. The van der Waals surface area contributed by atoms with Gasteiger partial charge in [-0.2, -0.15) is 0 Å². The van der Waals surface area contributed by atoms with Crippen LogP contribution in [0.25, 0.3) is 0 Å². The zero-order valence-corrected chi connectivity index (χ0v) is 10.4. The maximum Gasteiger partial charge on any atom is 0.0927 e. The molecular formula is C15H22O. The molecule has 0 bridgehead atoms. The van der Waals surface area contributed by atoms with Crippen LogP contribution in [-0.2, 0) is 10.3 Å². The van der Waals surface area contributed by atoms with Gasteiger partial charge in [0.1, 0.15) is 0 Å². The van der Waals surface area contributed by atoms with Crippen LogP contribution in [-0.4, -0.2) is 7.11 Å². The summed E-state index contributed by atoms with van der Waals surface area (Å²) in [5, 5.41) is 0. The van der Waals surface area contributed by atoms with Gasteiger partial charge in [-0.15, -0.1) is 0 Å². The number of hydrogen-bond donors (Lipinski definition) is 0. The molecule has 0 amide bonds. The third-order valence-corrected chi connectivity index (χ3v) is 4.16. The highest BCUT2D eigenvalue weighted by Crippen LogP contribution is 2.41. The number of methoxy groups -OCH3 is 1. The van der Waals surface area contributed by atoms with Gasteiger partial charge < -0.3 is 4.74 Å². The van der Waals surface area contributed by atoms with Crippen molar-refractivity contribution in [2.45, 2.75) is 44.6 Å². The lowest BCUT2D eigenvalue weighted by Gasteiger charge is -2.39. The summed E-state index contributed by atoms with van der Waals surface area (Å²) in [4.78, 5) is 0. The van der Waals surface area contributed by atoms with Crippen LogP contribution in [0.5, 0.6) is 0 Å². The fraction of sp³-hybridized carbons (Fsp3) is 0.600. The van der Waals surface area contributed by atoms with E-state index in [1.807, 2.05) is 7.11 Å². The Morgan fingerprint density at radius 2 is 1.69 bits per heavy atom. The Morgan fingerprint density at radius 3 is 2.25 bits per heavy atom. The number of hydrogen-bond acceptors (Lipinski definition) is 1. The molecule has 0 spiro atoms. The first-order chi connectivity index (χ1) is 7.77. The molecular weight excluding hydrogens is 196 g/mol. The second-order valence-corrected chi connectivity index (χ2v) is 5.01. The summed E-state index contributed by atoms with van der Waals surface area (Å²) in [5.74, 6) is 0.675. The van der Waals surface area contributed by atoms with Crippen LogP contribution in [0, 0.1) is 5.92 Å². The van der Waals surface area contributed by atoms with Crippen molar-refractivity contribution in [3.05, 3.63) is 35.9 Å². The number of benzene rings is 1. The van der Waals surface area contributed by atoms with E-state index in [9.17, 15) is 0 Å². The maximum absolute atomic E-state index is 5.86. The molecule has 1 fully saturated rings. The number of ether oxygens (including phenoxy) is 1. The third-order valence-electron chi connectivity index (χ3n) is 4.16. The molecule has 0 aromatic heterocycles. The van der Waals surface area contributed by atoms with Crippen molar-refractivity contribution < 1.29 is 4.74 Å². The van der Waals surface area contributed by atoms with Crippen LogP contribution in [0.15, 0.2) is 30.3 Å². The number of rotatable bonds is 3. The van der Waals surface area contributed by atoms with Crippen molar-refractivity contribution in [2.75, 3.05) is 7.11 Å². The molecule has 16 heavy (non-hydrogen) atoms. The third kappa shape index (κ3) is 2.15. The molecule has 1 aromatic rings. The molecule has 0 saturated heterocycles. The van der Waals surface area contributed by atoms with Crippen molar-refractivity contribution in [3.8, 4) is 0 Å². The summed E-state index contributed by atoms with van der Waals surface area (Å²) in [7, 11) is 1.85. The molecule has 1 saturated carbocycles. The van der Waals surface area contributed by atoms with E-state index in [0.29, 0.717) is 5.92 Å². The summed E-state index contributed by atoms with van der Waals surface area (Å²) in [5.41, 5.74) is 1.23. The minimum Gasteiger partial charge on any atom is -0.374 e. The topological polar surface area (TPSA) is 9.23 Å². The van der Waals surface area contributed by atoms with Crippen LogP contribution in [0.2, 0.25) is 0 Å². The average Bonchev–Trinajstić information content (AvgIpc) is 2.40. The van der Waals surface area contributed by atoms with E-state index in [1.165, 1.54) is 37.7 Å². The Kier molecular flexibility index (Phi) is 3.65. The predicted molar refractivity (Wildman–Crippen MR) is 67.4 cm³/mol. The second kappa shape index (κ2) is 5.01. The summed E-state index contributed by atoms with van der Waals surface area (Å²) >= 11 is 0. The molecule has 1 nitrogen and oxygen atoms in total. The van der Waals surface area contributed by atoms with Crippen LogP contribution < -0.4 is 0 Å². The fourth-order valence-electron chi connectivity index (χ4n) is 2.94. The van der Waals surface area contributed by atoms with Gasteiger partial charge in [-0.05, 0) is 31.2 Å². The van der Waals surface area contributed by atoms with E-state index < -0.39 is 0 Å². The van der Waals surface area contributed by atoms with Crippen LogP contribution in [0.1, 0.15) is 44.6 Å². The van der Waals surface area contributed by atoms with Crippen molar-refractivity contribution in [2.24, 2.45) is 5.92 Å². The van der Waals surface area contributed by atoms with E-state index in [1.54, 1.807) is 0 Å². The van der Waals surface area contributed by atoms with Crippen LogP contribution >= 0.6 is 0 Å². The van der Waals surface area contributed by atoms with E-state index in [-0.39, 0.29) is 5.60 Å². The Bertz CT molecular complexity index is 313. The SMILES string of the molecule is COC(C)(c1ccccc1)C1CCCCC1. The molecule has 0 radical (unpaired) electrons. The van der Waals surface area contributed by atoms with Gasteiger partial charge in [-0.25, -0.2) is 0 Å². The Morgan fingerprint density at radius 1 is 1.06 bits per heavy atom. The van der Waals surface area contributed by atoms with Gasteiger partial charge in [-0.3, -0.25) is 0 Å². The minimum absolute atomic E-state index is 0.0956. The van der Waals surface area contributed by atoms with Gasteiger partial charge in [0.25, 0.3) is 0 Å². The zero-order chi connectivity index (χ0) is 11.4. The highest BCUT2D eigenvalue weighted by molar-refractivity contribution is 5.23. The average molecular weight is 218 g/mol. The van der Waals surface area contributed by atoms with E-state index in [0.717, 1.165) is 0 Å². The van der Waals surface area contributed by atoms with Gasteiger partial charge in [0.2, 0.25) is 0 Å². The molecule has 88 valence electrons. The summed E-state index contributed by atoms with van der Waals surface area (Å²) < 4.78 is 5.86. The van der Waals surface area contributed by atoms with E-state index in [2.05, 4.69) is 37.3 Å². The smallest absolute Gasteiger partial charge is 0.0927 e. The Balaban J connectivity index is 2.24. The first kappa shape index (κ1) is 11.7. The second-order valence-electron chi connectivity index (χ2n) is 5.01. The lowest BCUT2D eigenvalue weighted by molar-refractivity contribution is -0.0608. The molecule has 0 N–H and O–H groups in total. The van der Waals surface area contributed by atoms with Crippen molar-refractivity contribution in [1.29, 1.82) is 0 Å². The van der Waals surface area contributed by atoms with Crippen molar-refractivity contribution in [1.82, 2.24) is 0 Å². The summed E-state index contributed by atoms with van der Waals surface area (Å²) in [6.45, 7) is 2.25. The van der Waals surface area contributed by atoms with Gasteiger partial charge >= 0.3 is 0 Å². The molecule has 1 unspecified atom stereocenters. The van der Waals surface area contributed by atoms with Gasteiger partial charge in [-0.1, -0.05) is 49.6 Å². The molecule has 1 heteroatoms. The van der Waals surface area contributed by atoms with Crippen LogP contribution in [0.4, 0.5) is 0 Å². The monoisotopic (exact) mass is 218 g/mol. The lowest BCUT2D eigenvalue weighted by atomic mass is 9.74. The Hall–Kier alpha value is -0.820. The van der Waals surface area contributed by atoms with E-state index in [4.69, 9.17) is 4.74 Å². The maximum atomic E-state index is 5.86. The summed E-state index contributed by atoms with van der Waals surface area (Å²) in [6.07, 6.45) is 6.72. The van der Waals surface area contributed by atoms with E-state index >= 15 is 0 Å². The van der Waals surface area contributed by atoms with Crippen LogP contribution in [0.3, 0.4) is 0 Å². The molecule has 1 aliphatic carbocycles. The molecule has 2 rings (SSSR count). The largest absolute Gasteiger partial charge is 0.374 e. The molecule has 1 aliphatic rings. The van der Waals surface area contributed by atoms with Crippen molar-refractivity contribution >= 4 is 0 Å². The minimum atomic E-state index is -0.0956. The highest BCUT2D eigenvalue weighted by atomic mass is 16.5. The Labute approximate surface area is 98.8 Å². The quantitative estimate of drug-likeness (QED) is 0.741. The molecule has 0 aliphatic heterocycles. The van der Waals surface area contributed by atoms with Crippen molar-refractivity contribution in [3.63, 3.8) is 0 Å². The van der Waals surface area contributed by atoms with Gasteiger partial charge in [0.05, 0.1) is 5.60 Å². The first-order valence-electron chi connectivity index (χ1n) is 6.38. The first-order valence-corrected chi connectivity index (χ1v) is 6.38. The highest BCUT2D eigenvalue weighted by Gasteiger charge is 2.36. The standard InChI is InChI=1S/C15H22O/c1-15(16-2,13-9-5-3-6-10-13)14-11-7-4-8-12-14/h3,5-6,9-10,14H,4,7-8,11-12H2,1-2H3. The molecule has 1 atom stereocenters. The zero-order valence-electron chi connectivity index (χ0n) is 10.4. The van der Waals surface area contributed by atoms with Gasteiger partial charge in [0, 0.05) is 7.11 Å². The summed E-state index contributed by atoms with van der Waals surface area (Å²) in [6, 6.07) is 10.7. The molecule has 0 heterocycles.